The van der Waals surface area contributed by atoms with Crippen LogP contribution in [0, 0.1) is 0 Å². The Hall–Kier alpha value is -3.57. The fraction of sp³-hybridized carbons (Fsp3) is 0.214. The number of piperazine rings is 1. The zero-order chi connectivity index (χ0) is 23.5. The highest BCUT2D eigenvalue weighted by atomic mass is 35.5. The van der Waals surface area contributed by atoms with Crippen molar-refractivity contribution in [2.75, 3.05) is 37.7 Å². The van der Waals surface area contributed by atoms with E-state index in [4.69, 9.17) is 21.3 Å². The van der Waals surface area contributed by atoms with Crippen LogP contribution in [0.4, 0.5) is 5.69 Å². The zero-order valence-electron chi connectivity index (χ0n) is 19.1. The number of nitrogens with zero attached hydrogens (tertiary/aromatic N) is 3. The van der Waals surface area contributed by atoms with Gasteiger partial charge in [-0.25, -0.2) is 4.98 Å². The van der Waals surface area contributed by atoms with Crippen LogP contribution in [0.1, 0.15) is 17.3 Å². The molecule has 0 unspecified atom stereocenters. The van der Waals surface area contributed by atoms with E-state index in [1.807, 2.05) is 84.6 Å². The first kappa shape index (κ1) is 22.2. The molecule has 0 N–H and O–H groups in total. The first-order chi connectivity index (χ1) is 16.6. The second-order valence-electron chi connectivity index (χ2n) is 8.26. The van der Waals surface area contributed by atoms with Crippen molar-refractivity contribution in [2.45, 2.75) is 6.92 Å². The number of hydrogen-bond donors (Lipinski definition) is 0. The Morgan fingerprint density at radius 2 is 1.71 bits per heavy atom. The van der Waals surface area contributed by atoms with E-state index in [9.17, 15) is 4.79 Å². The Morgan fingerprint density at radius 1 is 0.941 bits per heavy atom. The summed E-state index contributed by atoms with van der Waals surface area (Å²) < 4.78 is 5.81. The van der Waals surface area contributed by atoms with Gasteiger partial charge in [0.05, 0.1) is 29.1 Å². The molecule has 5 nitrogen and oxygen atoms in total. The number of amides is 1. The molecule has 3 aromatic carbocycles. The van der Waals surface area contributed by atoms with Gasteiger partial charge in [-0.05, 0) is 43.3 Å². The predicted molar refractivity (Wildman–Crippen MR) is 138 cm³/mol. The third-order valence-electron chi connectivity index (χ3n) is 6.14. The van der Waals surface area contributed by atoms with E-state index in [1.165, 1.54) is 0 Å². The maximum atomic E-state index is 13.7. The summed E-state index contributed by atoms with van der Waals surface area (Å²) in [5, 5.41) is 1.51. The lowest BCUT2D eigenvalue weighted by Gasteiger charge is -2.37. The van der Waals surface area contributed by atoms with E-state index in [1.54, 1.807) is 0 Å². The number of benzene rings is 3. The second-order valence-corrected chi connectivity index (χ2v) is 8.70. The molecule has 1 aromatic heterocycles. The normalized spacial score (nSPS) is 13.8. The average Bonchev–Trinajstić information content (AvgIpc) is 2.88. The largest absolute Gasteiger partial charge is 0.492 e. The summed E-state index contributed by atoms with van der Waals surface area (Å²) >= 11 is 6.22. The summed E-state index contributed by atoms with van der Waals surface area (Å²) in [6, 6.07) is 25.4. The van der Waals surface area contributed by atoms with Gasteiger partial charge < -0.3 is 14.5 Å². The molecule has 5 rings (SSSR count). The molecule has 1 saturated heterocycles. The van der Waals surface area contributed by atoms with Crippen LogP contribution in [0.5, 0.6) is 5.75 Å². The van der Waals surface area contributed by atoms with Crippen LogP contribution in [-0.2, 0) is 0 Å². The van der Waals surface area contributed by atoms with Crippen LogP contribution in [-0.4, -0.2) is 48.6 Å². The molecule has 0 radical (unpaired) electrons. The third kappa shape index (κ3) is 4.44. The number of pyridine rings is 1. The quantitative estimate of drug-likeness (QED) is 0.362. The lowest BCUT2D eigenvalue weighted by Crippen LogP contribution is -2.49. The summed E-state index contributed by atoms with van der Waals surface area (Å²) in [4.78, 5) is 22.7. The molecular weight excluding hydrogens is 446 g/mol. The van der Waals surface area contributed by atoms with Gasteiger partial charge in [-0.15, -0.1) is 0 Å². The molecule has 6 heteroatoms. The minimum Gasteiger partial charge on any atom is -0.492 e. The summed E-state index contributed by atoms with van der Waals surface area (Å²) in [6.45, 7) is 5.40. The summed E-state index contributed by atoms with van der Waals surface area (Å²) in [7, 11) is 0. The van der Waals surface area contributed by atoms with Crippen molar-refractivity contribution >= 4 is 34.1 Å². The van der Waals surface area contributed by atoms with Gasteiger partial charge in [0.2, 0.25) is 0 Å². The van der Waals surface area contributed by atoms with Gasteiger partial charge in [0.1, 0.15) is 5.75 Å². The molecule has 172 valence electrons. The molecule has 0 bridgehead atoms. The van der Waals surface area contributed by atoms with Gasteiger partial charge in [-0.2, -0.15) is 0 Å². The zero-order valence-corrected chi connectivity index (χ0v) is 19.8. The minimum absolute atomic E-state index is 0.0274. The van der Waals surface area contributed by atoms with Crippen molar-refractivity contribution in [3.63, 3.8) is 0 Å². The van der Waals surface area contributed by atoms with Crippen LogP contribution in [0.15, 0.2) is 78.9 Å². The fourth-order valence-electron chi connectivity index (χ4n) is 4.46. The maximum absolute atomic E-state index is 13.7. The number of hydrogen-bond acceptors (Lipinski definition) is 4. The van der Waals surface area contributed by atoms with Gasteiger partial charge in [0.15, 0.2) is 0 Å². The van der Waals surface area contributed by atoms with E-state index in [0.717, 1.165) is 46.7 Å². The average molecular weight is 472 g/mol. The smallest absolute Gasteiger partial charge is 0.254 e. The molecule has 0 aliphatic carbocycles. The number of carbonyl (C=O) groups excluding carboxylic acids is 1. The van der Waals surface area contributed by atoms with Gasteiger partial charge in [0, 0.05) is 42.2 Å². The molecule has 4 aromatic rings. The monoisotopic (exact) mass is 471 g/mol. The minimum atomic E-state index is 0.0274. The van der Waals surface area contributed by atoms with Gasteiger partial charge in [-0.3, -0.25) is 4.79 Å². The van der Waals surface area contributed by atoms with E-state index < -0.39 is 0 Å². The van der Waals surface area contributed by atoms with Crippen molar-refractivity contribution in [1.29, 1.82) is 0 Å². The van der Waals surface area contributed by atoms with Crippen LogP contribution in [0.3, 0.4) is 0 Å². The summed E-state index contributed by atoms with van der Waals surface area (Å²) in [5.41, 5.74) is 4.18. The predicted octanol–water partition coefficient (Wildman–Crippen LogP) is 5.92. The molecule has 1 aliphatic heterocycles. The molecule has 0 atom stereocenters. The topological polar surface area (TPSA) is 45.7 Å². The molecule has 1 aliphatic rings. The molecule has 1 fully saturated rings. The second kappa shape index (κ2) is 9.74. The van der Waals surface area contributed by atoms with Crippen LogP contribution >= 0.6 is 11.6 Å². The highest BCUT2D eigenvalue weighted by Crippen LogP contribution is 2.30. The van der Waals surface area contributed by atoms with Gasteiger partial charge >= 0.3 is 0 Å². The number of rotatable bonds is 5. The number of carbonyl (C=O) groups is 1. The number of fused-ring (bicyclic) bond motifs is 1. The first-order valence-corrected chi connectivity index (χ1v) is 11.9. The molecule has 34 heavy (non-hydrogen) atoms. The fourth-order valence-corrected chi connectivity index (χ4v) is 4.66. The van der Waals surface area contributed by atoms with Crippen molar-refractivity contribution < 1.29 is 9.53 Å². The van der Waals surface area contributed by atoms with E-state index >= 15 is 0 Å². The lowest BCUT2D eigenvalue weighted by molar-refractivity contribution is 0.0748. The van der Waals surface area contributed by atoms with Crippen molar-refractivity contribution in [1.82, 2.24) is 9.88 Å². The van der Waals surface area contributed by atoms with Crippen LogP contribution in [0.25, 0.3) is 22.2 Å². The Balaban J connectivity index is 1.42. The third-order valence-corrected chi connectivity index (χ3v) is 6.37. The number of halogens is 1. The Kier molecular flexibility index (Phi) is 6.37. The van der Waals surface area contributed by atoms with Crippen LogP contribution < -0.4 is 9.64 Å². The Labute approximate surface area is 204 Å². The standard InChI is InChI=1S/C28H26ClN3O2/c1-2-34-27-13-6-5-12-26(27)31-14-16-32(17-15-31)28(33)23-19-25(20-8-7-9-21(29)18-20)30-24-11-4-3-10-22(23)24/h3-13,18-19H,2,14-17H2,1H3. The highest BCUT2D eigenvalue weighted by molar-refractivity contribution is 6.30. The molecule has 1 amide bonds. The number of anilines is 1. The van der Waals surface area contributed by atoms with E-state index in [0.29, 0.717) is 30.3 Å². The number of aromatic nitrogens is 1. The maximum Gasteiger partial charge on any atom is 0.254 e. The number of para-hydroxylation sites is 3. The molecule has 0 saturated carbocycles. The highest BCUT2D eigenvalue weighted by Gasteiger charge is 2.25. The van der Waals surface area contributed by atoms with Crippen LogP contribution in [0.2, 0.25) is 5.02 Å². The Morgan fingerprint density at radius 3 is 2.50 bits per heavy atom. The molecular formula is C28H26ClN3O2. The summed E-state index contributed by atoms with van der Waals surface area (Å²) in [5.74, 6) is 0.913. The number of ether oxygens (including phenoxy) is 1. The first-order valence-electron chi connectivity index (χ1n) is 11.6. The van der Waals surface area contributed by atoms with E-state index in [2.05, 4.69) is 11.0 Å². The van der Waals surface area contributed by atoms with Crippen molar-refractivity contribution in [3.8, 4) is 17.0 Å². The van der Waals surface area contributed by atoms with Crippen molar-refractivity contribution in [3.05, 3.63) is 89.4 Å². The van der Waals surface area contributed by atoms with E-state index in [-0.39, 0.29) is 5.91 Å². The Bertz CT molecular complexity index is 1330. The SMILES string of the molecule is CCOc1ccccc1N1CCN(C(=O)c2cc(-c3cccc(Cl)c3)nc3ccccc23)CC1. The lowest BCUT2D eigenvalue weighted by atomic mass is 10.0. The van der Waals surface area contributed by atoms with Crippen molar-refractivity contribution in [2.24, 2.45) is 0 Å². The van der Waals surface area contributed by atoms with Gasteiger partial charge in [-0.1, -0.05) is 54.1 Å². The molecule has 0 spiro atoms. The van der Waals surface area contributed by atoms with Gasteiger partial charge in [0.25, 0.3) is 5.91 Å². The molecule has 2 heterocycles. The summed E-state index contributed by atoms with van der Waals surface area (Å²) in [6.07, 6.45) is 0.